The van der Waals surface area contributed by atoms with Gasteiger partial charge < -0.3 is 14.6 Å². The lowest BCUT2D eigenvalue weighted by molar-refractivity contribution is -0.0681. The third kappa shape index (κ3) is 3.09. The smallest absolute Gasteiger partial charge is 0.0762 e. The van der Waals surface area contributed by atoms with Crippen LogP contribution in [0.3, 0.4) is 0 Å². The van der Waals surface area contributed by atoms with Gasteiger partial charge in [-0.2, -0.15) is 0 Å². The molecule has 2 fully saturated rings. The van der Waals surface area contributed by atoms with E-state index in [0.29, 0.717) is 6.10 Å². The Hall–Kier alpha value is -0.800. The summed E-state index contributed by atoms with van der Waals surface area (Å²) in [6.45, 7) is 5.16. The fraction of sp³-hybridized carbons (Fsp3) is 0.765. The minimum absolute atomic E-state index is 0.248. The van der Waals surface area contributed by atoms with Crippen molar-refractivity contribution in [2.75, 3.05) is 6.54 Å². The van der Waals surface area contributed by atoms with Gasteiger partial charge in [0.1, 0.15) is 0 Å². The predicted molar refractivity (Wildman–Crippen MR) is 81.7 cm³/mol. The second-order valence-corrected chi connectivity index (χ2v) is 6.45. The number of rotatable bonds is 5. The summed E-state index contributed by atoms with van der Waals surface area (Å²) in [6.07, 6.45) is 11.8. The maximum atomic E-state index is 6.48. The zero-order chi connectivity index (χ0) is 13.8. The predicted octanol–water partition coefficient (Wildman–Crippen LogP) is 3.48. The first-order chi connectivity index (χ1) is 9.81. The van der Waals surface area contributed by atoms with E-state index < -0.39 is 0 Å². The summed E-state index contributed by atoms with van der Waals surface area (Å²) in [4.78, 5) is 0. The van der Waals surface area contributed by atoms with E-state index in [1.54, 1.807) is 0 Å². The van der Waals surface area contributed by atoms with Gasteiger partial charge in [-0.1, -0.05) is 26.2 Å². The van der Waals surface area contributed by atoms with Crippen LogP contribution in [0.2, 0.25) is 0 Å². The van der Waals surface area contributed by atoms with E-state index in [0.717, 1.165) is 19.6 Å². The van der Waals surface area contributed by atoms with Gasteiger partial charge in [-0.3, -0.25) is 0 Å². The van der Waals surface area contributed by atoms with Crippen molar-refractivity contribution in [2.24, 2.45) is 0 Å². The van der Waals surface area contributed by atoms with Gasteiger partial charge in [-0.05, 0) is 44.4 Å². The maximum Gasteiger partial charge on any atom is 0.0762 e. The lowest BCUT2D eigenvalue weighted by Crippen LogP contribution is -2.32. The zero-order valence-corrected chi connectivity index (χ0v) is 12.7. The van der Waals surface area contributed by atoms with E-state index >= 15 is 0 Å². The molecule has 1 aliphatic carbocycles. The molecule has 1 aliphatic heterocycles. The molecular weight excluding hydrogens is 248 g/mol. The molecule has 1 N–H and O–H groups in total. The van der Waals surface area contributed by atoms with E-state index in [-0.39, 0.29) is 5.60 Å². The molecule has 1 spiro atoms. The van der Waals surface area contributed by atoms with Gasteiger partial charge in [0, 0.05) is 25.0 Å². The van der Waals surface area contributed by atoms with E-state index in [1.807, 2.05) is 0 Å². The molecule has 1 unspecified atom stereocenters. The Morgan fingerprint density at radius 3 is 2.95 bits per heavy atom. The molecule has 1 saturated carbocycles. The van der Waals surface area contributed by atoms with Crippen LogP contribution in [0.15, 0.2) is 18.3 Å². The van der Waals surface area contributed by atoms with E-state index in [9.17, 15) is 0 Å². The summed E-state index contributed by atoms with van der Waals surface area (Å²) in [5.74, 6) is 0. The number of hydrogen-bond donors (Lipinski definition) is 1. The molecule has 20 heavy (non-hydrogen) atoms. The maximum absolute atomic E-state index is 6.48. The number of ether oxygens (including phenoxy) is 1. The van der Waals surface area contributed by atoms with Crippen LogP contribution in [-0.2, 0) is 17.8 Å². The van der Waals surface area contributed by atoms with Gasteiger partial charge in [-0.25, -0.2) is 0 Å². The number of nitrogens with one attached hydrogen (secondary N) is 1. The Bertz CT molecular complexity index is 420. The summed E-state index contributed by atoms with van der Waals surface area (Å²) in [5, 5.41) is 3.41. The molecule has 0 radical (unpaired) electrons. The monoisotopic (exact) mass is 276 g/mol. The Balaban J connectivity index is 1.57. The average molecular weight is 276 g/mol. The van der Waals surface area contributed by atoms with Gasteiger partial charge in [0.15, 0.2) is 0 Å². The fourth-order valence-corrected chi connectivity index (χ4v) is 3.85. The standard InChI is InChI=1S/C17H28N2O/c1-2-18-13-15-7-6-12-19(15)14-16-8-11-17(20-16)9-4-3-5-10-17/h6-7,12,16,18H,2-5,8-11,13-14H2,1H3. The highest BCUT2D eigenvalue weighted by atomic mass is 16.5. The van der Waals surface area contributed by atoms with Gasteiger partial charge in [0.25, 0.3) is 0 Å². The number of nitrogens with zero attached hydrogens (tertiary/aromatic N) is 1. The van der Waals surface area contributed by atoms with Gasteiger partial charge in [-0.15, -0.1) is 0 Å². The second-order valence-electron chi connectivity index (χ2n) is 6.45. The normalized spacial score (nSPS) is 25.4. The van der Waals surface area contributed by atoms with Crippen LogP contribution in [0.5, 0.6) is 0 Å². The van der Waals surface area contributed by atoms with E-state index in [4.69, 9.17) is 4.74 Å². The van der Waals surface area contributed by atoms with E-state index in [1.165, 1.54) is 50.6 Å². The average Bonchev–Trinajstić information content (AvgIpc) is 3.06. The van der Waals surface area contributed by atoms with Crippen molar-refractivity contribution in [3.63, 3.8) is 0 Å². The lowest BCUT2D eigenvalue weighted by Gasteiger charge is -2.33. The van der Waals surface area contributed by atoms with Crippen LogP contribution in [-0.4, -0.2) is 22.8 Å². The van der Waals surface area contributed by atoms with Gasteiger partial charge in [0.05, 0.1) is 11.7 Å². The molecular formula is C17H28N2O. The Morgan fingerprint density at radius 2 is 2.15 bits per heavy atom. The summed E-state index contributed by atoms with van der Waals surface area (Å²) in [7, 11) is 0. The van der Waals surface area contributed by atoms with Crippen LogP contribution in [0.25, 0.3) is 0 Å². The quantitative estimate of drug-likeness (QED) is 0.891. The molecule has 1 aromatic heterocycles. The zero-order valence-electron chi connectivity index (χ0n) is 12.7. The molecule has 1 atom stereocenters. The molecule has 0 bridgehead atoms. The van der Waals surface area contributed by atoms with Crippen molar-refractivity contribution in [2.45, 2.75) is 76.7 Å². The third-order valence-electron chi connectivity index (χ3n) is 4.98. The molecule has 3 nitrogen and oxygen atoms in total. The third-order valence-corrected chi connectivity index (χ3v) is 4.98. The van der Waals surface area contributed by atoms with Crippen molar-refractivity contribution in [1.82, 2.24) is 9.88 Å². The van der Waals surface area contributed by atoms with Gasteiger partial charge >= 0.3 is 0 Å². The fourth-order valence-electron chi connectivity index (χ4n) is 3.85. The first kappa shape index (κ1) is 14.2. The number of hydrogen-bond acceptors (Lipinski definition) is 2. The Labute approximate surface area is 122 Å². The van der Waals surface area contributed by atoms with Crippen LogP contribution in [0.4, 0.5) is 0 Å². The van der Waals surface area contributed by atoms with Crippen molar-refractivity contribution in [3.8, 4) is 0 Å². The molecule has 112 valence electrons. The Kier molecular flexibility index (Phi) is 4.47. The molecule has 2 aliphatic rings. The minimum atomic E-state index is 0.248. The molecule has 0 amide bonds. The highest BCUT2D eigenvalue weighted by molar-refractivity contribution is 5.07. The van der Waals surface area contributed by atoms with Crippen LogP contribution < -0.4 is 5.32 Å². The summed E-state index contributed by atoms with van der Waals surface area (Å²) < 4.78 is 8.85. The second kappa shape index (κ2) is 6.31. The molecule has 0 aromatic carbocycles. The lowest BCUT2D eigenvalue weighted by atomic mass is 9.83. The van der Waals surface area contributed by atoms with Crippen molar-refractivity contribution >= 4 is 0 Å². The highest BCUT2D eigenvalue weighted by Crippen LogP contribution is 2.42. The van der Waals surface area contributed by atoms with Crippen molar-refractivity contribution < 1.29 is 4.74 Å². The number of aromatic nitrogens is 1. The van der Waals surface area contributed by atoms with Crippen LogP contribution in [0, 0.1) is 0 Å². The molecule has 3 rings (SSSR count). The van der Waals surface area contributed by atoms with Crippen molar-refractivity contribution in [1.29, 1.82) is 0 Å². The van der Waals surface area contributed by atoms with E-state index in [2.05, 4.69) is 35.1 Å². The van der Waals surface area contributed by atoms with Crippen LogP contribution in [0.1, 0.15) is 57.6 Å². The minimum Gasteiger partial charge on any atom is -0.370 e. The summed E-state index contributed by atoms with van der Waals surface area (Å²) in [5.41, 5.74) is 1.62. The molecule has 2 heterocycles. The first-order valence-electron chi connectivity index (χ1n) is 8.34. The largest absolute Gasteiger partial charge is 0.370 e. The molecule has 1 saturated heterocycles. The SMILES string of the molecule is CCNCc1cccn1CC1CCC2(CCCCC2)O1. The molecule has 1 aromatic rings. The molecule has 3 heteroatoms. The summed E-state index contributed by atoms with van der Waals surface area (Å²) >= 11 is 0. The van der Waals surface area contributed by atoms with Crippen LogP contribution >= 0.6 is 0 Å². The van der Waals surface area contributed by atoms with Gasteiger partial charge in [0.2, 0.25) is 0 Å². The first-order valence-corrected chi connectivity index (χ1v) is 8.34. The highest BCUT2D eigenvalue weighted by Gasteiger charge is 2.40. The topological polar surface area (TPSA) is 26.2 Å². The Morgan fingerprint density at radius 1 is 1.30 bits per heavy atom. The van der Waals surface area contributed by atoms with Crippen molar-refractivity contribution in [3.05, 3.63) is 24.0 Å². The summed E-state index contributed by atoms with van der Waals surface area (Å²) in [6, 6.07) is 4.37.